The molecule has 0 fully saturated rings. The van der Waals surface area contributed by atoms with Gasteiger partial charge in [-0.05, 0) is 48.2 Å². The zero-order valence-electron chi connectivity index (χ0n) is 12.7. The maximum atomic E-state index is 13.9. The fourth-order valence-corrected chi connectivity index (χ4v) is 4.22. The van der Waals surface area contributed by atoms with Crippen molar-refractivity contribution in [3.8, 4) is 0 Å². The van der Waals surface area contributed by atoms with Crippen LogP contribution in [0.15, 0.2) is 40.1 Å². The summed E-state index contributed by atoms with van der Waals surface area (Å²) >= 11 is 0.979. The maximum Gasteiger partial charge on any atom is 0.229 e. The van der Waals surface area contributed by atoms with Crippen molar-refractivity contribution in [3.05, 3.63) is 53.1 Å². The second kappa shape index (κ2) is 6.34. The number of hydrogen-bond donors (Lipinski definition) is 2. The van der Waals surface area contributed by atoms with Crippen LogP contribution in [0.2, 0.25) is 0 Å². The molecule has 0 radical (unpaired) electrons. The molecule has 0 saturated carbocycles. The van der Waals surface area contributed by atoms with E-state index in [1.54, 1.807) is 12.1 Å². The summed E-state index contributed by atoms with van der Waals surface area (Å²) in [6, 6.07) is 6.53. The van der Waals surface area contributed by atoms with Gasteiger partial charge in [0.05, 0.1) is 18.0 Å². The number of sulfonamides is 1. The zero-order valence-corrected chi connectivity index (χ0v) is 14.3. The van der Waals surface area contributed by atoms with E-state index in [1.165, 1.54) is 6.07 Å². The Morgan fingerprint density at radius 2 is 1.96 bits per heavy atom. The topological polar surface area (TPSA) is 66.4 Å². The Kier molecular flexibility index (Phi) is 4.54. The molecule has 4 nitrogen and oxygen atoms in total. The molecule has 2 N–H and O–H groups in total. The number of nitrogens with one attached hydrogen (secondary N) is 1. The fourth-order valence-electron chi connectivity index (χ4n) is 2.66. The van der Waals surface area contributed by atoms with E-state index in [9.17, 15) is 22.3 Å². The lowest BCUT2D eigenvalue weighted by Crippen LogP contribution is -2.11. The molecule has 1 atom stereocenters. The van der Waals surface area contributed by atoms with Gasteiger partial charge in [-0.15, -0.1) is 0 Å². The number of benzene rings is 2. The minimum absolute atomic E-state index is 0.167. The Labute approximate surface area is 143 Å². The Hall–Kier alpha value is -1.64. The average molecular weight is 371 g/mol. The molecule has 2 aromatic rings. The van der Waals surface area contributed by atoms with Crippen LogP contribution in [0.5, 0.6) is 0 Å². The standard InChI is InChI=1S/C16H15F2NO3S2/c1-24(21,22)19-13-6-9-2-4-14(20)11(9)8-16(13)23-15-5-3-10(17)7-12(15)18/h3,5-8,14,19-20H,2,4H2,1H3. The van der Waals surface area contributed by atoms with Gasteiger partial charge in [0.2, 0.25) is 10.0 Å². The molecule has 0 bridgehead atoms. The molecule has 1 unspecified atom stereocenters. The Bertz CT molecular complexity index is 900. The van der Waals surface area contributed by atoms with Crippen molar-refractivity contribution >= 4 is 27.5 Å². The number of aryl methyl sites for hydroxylation is 1. The Morgan fingerprint density at radius 1 is 1.21 bits per heavy atom. The van der Waals surface area contributed by atoms with Crippen LogP contribution in [0.25, 0.3) is 0 Å². The van der Waals surface area contributed by atoms with Gasteiger partial charge >= 0.3 is 0 Å². The molecule has 0 saturated heterocycles. The van der Waals surface area contributed by atoms with E-state index >= 15 is 0 Å². The summed E-state index contributed by atoms with van der Waals surface area (Å²) in [5.74, 6) is -1.41. The molecule has 0 spiro atoms. The van der Waals surface area contributed by atoms with Gasteiger partial charge < -0.3 is 5.11 Å². The first kappa shape index (κ1) is 17.2. The first-order valence-corrected chi connectivity index (χ1v) is 9.89. The van der Waals surface area contributed by atoms with E-state index in [0.717, 1.165) is 35.7 Å². The lowest BCUT2D eigenvalue weighted by Gasteiger charge is -2.14. The summed E-state index contributed by atoms with van der Waals surface area (Å²) in [7, 11) is -3.52. The van der Waals surface area contributed by atoms with E-state index in [4.69, 9.17) is 0 Å². The van der Waals surface area contributed by atoms with Gasteiger partial charge in [0.1, 0.15) is 11.6 Å². The Balaban J connectivity index is 2.05. The number of aliphatic hydroxyl groups excluding tert-OH is 1. The van der Waals surface area contributed by atoms with Crippen molar-refractivity contribution < 1.29 is 22.3 Å². The molecule has 0 heterocycles. The third-order valence-corrected chi connectivity index (χ3v) is 5.40. The monoisotopic (exact) mass is 371 g/mol. The lowest BCUT2D eigenvalue weighted by molar-refractivity contribution is 0.180. The second-order valence-electron chi connectivity index (χ2n) is 5.65. The number of fused-ring (bicyclic) bond motifs is 1. The molecular formula is C16H15F2NO3S2. The van der Waals surface area contributed by atoms with Crippen molar-refractivity contribution in [1.29, 1.82) is 0 Å². The fraction of sp³-hybridized carbons (Fsp3) is 0.250. The molecule has 24 heavy (non-hydrogen) atoms. The van der Waals surface area contributed by atoms with Gasteiger partial charge in [-0.2, -0.15) is 0 Å². The quantitative estimate of drug-likeness (QED) is 0.864. The largest absolute Gasteiger partial charge is 0.388 e. The third-order valence-electron chi connectivity index (χ3n) is 3.70. The van der Waals surface area contributed by atoms with Crippen molar-refractivity contribution in [1.82, 2.24) is 0 Å². The molecule has 8 heteroatoms. The van der Waals surface area contributed by atoms with Gasteiger partial charge in [-0.1, -0.05) is 11.8 Å². The van der Waals surface area contributed by atoms with Crippen LogP contribution >= 0.6 is 11.8 Å². The van der Waals surface area contributed by atoms with Crippen LogP contribution in [0.1, 0.15) is 23.7 Å². The van der Waals surface area contributed by atoms with Gasteiger partial charge in [-0.25, -0.2) is 17.2 Å². The van der Waals surface area contributed by atoms with E-state index in [0.29, 0.717) is 29.0 Å². The molecule has 1 aliphatic rings. The highest BCUT2D eigenvalue weighted by Gasteiger charge is 2.24. The zero-order chi connectivity index (χ0) is 17.5. The third kappa shape index (κ3) is 3.71. The van der Waals surface area contributed by atoms with Crippen molar-refractivity contribution in [2.45, 2.75) is 28.7 Å². The summed E-state index contributed by atoms with van der Waals surface area (Å²) in [4.78, 5) is 0.617. The summed E-state index contributed by atoms with van der Waals surface area (Å²) < 4.78 is 52.5. The normalized spacial score (nSPS) is 16.9. The highest BCUT2D eigenvalue weighted by Crippen LogP contribution is 2.41. The summed E-state index contributed by atoms with van der Waals surface area (Å²) in [5.41, 5.74) is 1.88. The minimum atomic E-state index is -3.52. The first-order valence-electron chi connectivity index (χ1n) is 7.18. The highest BCUT2D eigenvalue weighted by molar-refractivity contribution is 7.99. The van der Waals surface area contributed by atoms with E-state index in [2.05, 4.69) is 4.72 Å². The van der Waals surface area contributed by atoms with Gasteiger partial charge in [0, 0.05) is 15.9 Å². The van der Waals surface area contributed by atoms with Gasteiger partial charge in [0.25, 0.3) is 0 Å². The van der Waals surface area contributed by atoms with Crippen molar-refractivity contribution in [2.24, 2.45) is 0 Å². The molecule has 3 rings (SSSR count). The lowest BCUT2D eigenvalue weighted by atomic mass is 10.1. The number of halogens is 2. The van der Waals surface area contributed by atoms with Gasteiger partial charge in [0.15, 0.2) is 0 Å². The average Bonchev–Trinajstić information content (AvgIpc) is 2.81. The summed E-state index contributed by atoms with van der Waals surface area (Å²) in [6.45, 7) is 0. The van der Waals surface area contributed by atoms with Gasteiger partial charge in [-0.3, -0.25) is 4.72 Å². The van der Waals surface area contributed by atoms with Crippen LogP contribution in [0, 0.1) is 11.6 Å². The Morgan fingerprint density at radius 3 is 2.62 bits per heavy atom. The minimum Gasteiger partial charge on any atom is -0.388 e. The molecule has 0 aromatic heterocycles. The van der Waals surface area contributed by atoms with Crippen LogP contribution in [-0.2, 0) is 16.4 Å². The van der Waals surface area contributed by atoms with Crippen molar-refractivity contribution in [3.63, 3.8) is 0 Å². The van der Waals surface area contributed by atoms with Crippen LogP contribution in [0.4, 0.5) is 14.5 Å². The number of aliphatic hydroxyl groups is 1. The predicted octanol–water partition coefficient (Wildman–Crippen LogP) is 3.47. The smallest absolute Gasteiger partial charge is 0.229 e. The second-order valence-corrected chi connectivity index (χ2v) is 8.48. The van der Waals surface area contributed by atoms with Crippen LogP contribution in [-0.4, -0.2) is 19.8 Å². The predicted molar refractivity (Wildman–Crippen MR) is 88.7 cm³/mol. The molecular weight excluding hydrogens is 356 g/mol. The number of rotatable bonds is 4. The highest BCUT2D eigenvalue weighted by atomic mass is 32.2. The summed E-state index contributed by atoms with van der Waals surface area (Å²) in [5, 5.41) is 10.0. The summed E-state index contributed by atoms with van der Waals surface area (Å²) in [6.07, 6.45) is 1.61. The maximum absolute atomic E-state index is 13.9. The SMILES string of the molecule is CS(=O)(=O)Nc1cc2c(cc1Sc1ccc(F)cc1F)C(O)CC2. The molecule has 2 aromatic carbocycles. The van der Waals surface area contributed by atoms with Crippen LogP contribution < -0.4 is 4.72 Å². The number of hydrogen-bond acceptors (Lipinski definition) is 4. The van der Waals surface area contributed by atoms with E-state index in [-0.39, 0.29) is 4.90 Å². The number of anilines is 1. The molecule has 1 aliphatic carbocycles. The van der Waals surface area contributed by atoms with Crippen molar-refractivity contribution in [2.75, 3.05) is 11.0 Å². The van der Waals surface area contributed by atoms with Crippen LogP contribution in [0.3, 0.4) is 0 Å². The molecule has 0 aliphatic heterocycles. The first-order chi connectivity index (χ1) is 11.2. The molecule has 0 amide bonds. The van der Waals surface area contributed by atoms with E-state index in [1.807, 2.05) is 0 Å². The molecule has 128 valence electrons. The van der Waals surface area contributed by atoms with E-state index < -0.39 is 27.8 Å².